The second-order valence-electron chi connectivity index (χ2n) is 9.59. The average Bonchev–Trinajstić information content (AvgIpc) is 2.91. The molecule has 3 aromatic carbocycles. The number of aliphatic imine (C=N–C) groups is 1. The number of rotatable bonds is 6. The van der Waals surface area contributed by atoms with Crippen molar-refractivity contribution in [2.45, 2.75) is 39.2 Å². The number of fused-ring (bicyclic) bond motifs is 2. The van der Waals surface area contributed by atoms with E-state index in [1.165, 1.54) is 0 Å². The highest BCUT2D eigenvalue weighted by Crippen LogP contribution is 2.36. The van der Waals surface area contributed by atoms with E-state index < -0.39 is 0 Å². The molecule has 1 aliphatic carbocycles. The standard InChI is InChI=1S/C30H28Cl3N3O2/c1-3-35(4-2)17-18-6-5-7-22(12-18)34-26-14-20(19-8-10-24(32)25(33)13-19)15-28-29(26)30(37)23-16-21(31)9-11-27(23)36(28)38/h5-13,16,20,38H,3-4,14-15,17H2,1-2H3. The maximum Gasteiger partial charge on any atom is 0.199 e. The van der Waals surface area contributed by atoms with Crippen LogP contribution in [-0.2, 0) is 13.0 Å². The molecule has 1 atom stereocenters. The Balaban J connectivity index is 1.68. The third-order valence-corrected chi connectivity index (χ3v) is 8.24. The Kier molecular flexibility index (Phi) is 7.83. The van der Waals surface area contributed by atoms with E-state index in [9.17, 15) is 10.0 Å². The van der Waals surface area contributed by atoms with Crippen LogP contribution in [0.15, 0.2) is 70.5 Å². The van der Waals surface area contributed by atoms with Gasteiger partial charge in [-0.05, 0) is 85.4 Å². The molecule has 0 spiro atoms. The molecule has 0 saturated carbocycles. The van der Waals surface area contributed by atoms with E-state index in [0.29, 0.717) is 55.8 Å². The van der Waals surface area contributed by atoms with Crippen LogP contribution in [-0.4, -0.2) is 33.6 Å². The monoisotopic (exact) mass is 567 g/mol. The highest BCUT2D eigenvalue weighted by Gasteiger charge is 2.31. The van der Waals surface area contributed by atoms with Gasteiger partial charge in [0.15, 0.2) is 5.43 Å². The van der Waals surface area contributed by atoms with Crippen molar-refractivity contribution >= 4 is 57.1 Å². The van der Waals surface area contributed by atoms with Gasteiger partial charge in [-0.2, -0.15) is 4.73 Å². The van der Waals surface area contributed by atoms with Crippen LogP contribution in [0.2, 0.25) is 15.1 Å². The second-order valence-corrected chi connectivity index (χ2v) is 10.8. The summed E-state index contributed by atoms with van der Waals surface area (Å²) in [6.07, 6.45) is 0.950. The largest absolute Gasteiger partial charge is 0.428 e. The summed E-state index contributed by atoms with van der Waals surface area (Å²) < 4.78 is 1.11. The summed E-state index contributed by atoms with van der Waals surface area (Å²) in [6.45, 7) is 7.03. The summed E-state index contributed by atoms with van der Waals surface area (Å²) in [5, 5.41) is 13.0. The summed E-state index contributed by atoms with van der Waals surface area (Å²) in [5.41, 5.74) is 4.67. The lowest BCUT2D eigenvalue weighted by Crippen LogP contribution is -2.31. The zero-order valence-electron chi connectivity index (χ0n) is 21.2. The summed E-state index contributed by atoms with van der Waals surface area (Å²) in [7, 11) is 0. The van der Waals surface area contributed by atoms with Crippen molar-refractivity contribution in [2.24, 2.45) is 4.99 Å². The Morgan fingerprint density at radius 3 is 2.50 bits per heavy atom. The normalized spacial score (nSPS) is 16.4. The van der Waals surface area contributed by atoms with Crippen LogP contribution in [0, 0.1) is 0 Å². The van der Waals surface area contributed by atoms with Crippen molar-refractivity contribution in [3.05, 3.63) is 108 Å². The lowest BCUT2D eigenvalue weighted by atomic mass is 9.80. The fourth-order valence-corrected chi connectivity index (χ4v) is 5.69. The van der Waals surface area contributed by atoms with E-state index in [2.05, 4.69) is 30.9 Å². The van der Waals surface area contributed by atoms with Crippen LogP contribution in [0.4, 0.5) is 5.69 Å². The van der Waals surface area contributed by atoms with E-state index in [4.69, 9.17) is 39.8 Å². The zero-order valence-corrected chi connectivity index (χ0v) is 23.5. The van der Waals surface area contributed by atoms with Crippen LogP contribution in [0.5, 0.6) is 0 Å². The van der Waals surface area contributed by atoms with Gasteiger partial charge >= 0.3 is 0 Å². The molecule has 1 heterocycles. The van der Waals surface area contributed by atoms with Crippen LogP contribution in [0.25, 0.3) is 10.9 Å². The maximum atomic E-state index is 13.8. The lowest BCUT2D eigenvalue weighted by molar-refractivity contribution is 0.186. The summed E-state index contributed by atoms with van der Waals surface area (Å²) in [4.78, 5) is 21.1. The van der Waals surface area contributed by atoms with Crippen LogP contribution in [0.1, 0.15) is 48.6 Å². The molecule has 0 aliphatic heterocycles. The van der Waals surface area contributed by atoms with Crippen LogP contribution in [0.3, 0.4) is 0 Å². The van der Waals surface area contributed by atoms with Crippen molar-refractivity contribution in [3.63, 3.8) is 0 Å². The van der Waals surface area contributed by atoms with Gasteiger partial charge in [0.25, 0.3) is 0 Å². The molecule has 1 unspecified atom stereocenters. The summed E-state index contributed by atoms with van der Waals surface area (Å²) >= 11 is 18.7. The van der Waals surface area contributed by atoms with Crippen molar-refractivity contribution in [3.8, 4) is 0 Å². The molecule has 38 heavy (non-hydrogen) atoms. The van der Waals surface area contributed by atoms with Gasteiger partial charge < -0.3 is 5.21 Å². The molecule has 5 nitrogen and oxygen atoms in total. The molecule has 0 amide bonds. The van der Waals surface area contributed by atoms with E-state index in [1.807, 2.05) is 24.3 Å². The van der Waals surface area contributed by atoms with E-state index in [1.54, 1.807) is 24.3 Å². The van der Waals surface area contributed by atoms with Gasteiger partial charge in [-0.25, -0.2) is 0 Å². The first kappa shape index (κ1) is 26.8. The SMILES string of the molecule is CCN(CC)Cc1cccc(N=C2CC(c3ccc(Cl)c(Cl)c3)Cc3c2c(=O)c2cc(Cl)ccc2n3O)c1. The number of hydrogen-bond donors (Lipinski definition) is 1. The first-order chi connectivity index (χ1) is 18.3. The first-order valence-corrected chi connectivity index (χ1v) is 13.8. The number of hydrogen-bond acceptors (Lipinski definition) is 4. The molecule has 4 aromatic rings. The molecule has 8 heteroatoms. The van der Waals surface area contributed by atoms with Crippen molar-refractivity contribution in [1.82, 2.24) is 9.63 Å². The van der Waals surface area contributed by atoms with Crippen LogP contribution >= 0.6 is 34.8 Å². The minimum Gasteiger partial charge on any atom is -0.428 e. The predicted octanol–water partition coefficient (Wildman–Crippen LogP) is 7.89. The second kappa shape index (κ2) is 11.1. The van der Waals surface area contributed by atoms with Crippen molar-refractivity contribution in [2.75, 3.05) is 13.1 Å². The van der Waals surface area contributed by atoms with Gasteiger partial charge in [-0.15, -0.1) is 0 Å². The maximum absolute atomic E-state index is 13.8. The highest BCUT2D eigenvalue weighted by atomic mass is 35.5. The average molecular weight is 569 g/mol. The molecule has 0 saturated heterocycles. The number of aromatic nitrogens is 1. The number of halogens is 3. The fourth-order valence-electron chi connectivity index (χ4n) is 5.21. The minimum absolute atomic E-state index is 0.0579. The zero-order chi connectivity index (χ0) is 27.0. The fraction of sp³-hybridized carbons (Fsp3) is 0.267. The molecule has 196 valence electrons. The molecule has 1 aliphatic rings. The molecule has 1 aromatic heterocycles. The predicted molar refractivity (Wildman–Crippen MR) is 157 cm³/mol. The third-order valence-electron chi connectivity index (χ3n) is 7.26. The van der Waals surface area contributed by atoms with Gasteiger partial charge in [0.05, 0.1) is 43.6 Å². The molecule has 0 bridgehead atoms. The van der Waals surface area contributed by atoms with Crippen molar-refractivity contribution in [1.29, 1.82) is 0 Å². The van der Waals surface area contributed by atoms with Gasteiger partial charge in [-0.3, -0.25) is 14.7 Å². The Bertz CT molecular complexity index is 1610. The van der Waals surface area contributed by atoms with Gasteiger partial charge in [0.2, 0.25) is 0 Å². The van der Waals surface area contributed by atoms with E-state index in [0.717, 1.165) is 41.2 Å². The number of nitrogens with zero attached hydrogens (tertiary/aromatic N) is 3. The molecule has 0 fully saturated rings. The Hall–Kier alpha value is -2.83. The van der Waals surface area contributed by atoms with E-state index in [-0.39, 0.29) is 11.3 Å². The minimum atomic E-state index is -0.187. The smallest absolute Gasteiger partial charge is 0.199 e. The van der Waals surface area contributed by atoms with Gasteiger partial charge in [0, 0.05) is 11.6 Å². The summed E-state index contributed by atoms with van der Waals surface area (Å²) in [5.74, 6) is -0.0579. The van der Waals surface area contributed by atoms with E-state index >= 15 is 0 Å². The van der Waals surface area contributed by atoms with Gasteiger partial charge in [0.1, 0.15) is 0 Å². The molecule has 5 rings (SSSR count). The lowest BCUT2D eigenvalue weighted by Gasteiger charge is -2.28. The first-order valence-electron chi connectivity index (χ1n) is 12.7. The molecular weight excluding hydrogens is 541 g/mol. The topological polar surface area (TPSA) is 57.8 Å². The Labute approximate surface area is 236 Å². The number of benzene rings is 3. The van der Waals surface area contributed by atoms with Crippen molar-refractivity contribution < 1.29 is 5.21 Å². The molecule has 0 radical (unpaired) electrons. The Morgan fingerprint density at radius 2 is 1.76 bits per heavy atom. The third kappa shape index (κ3) is 5.21. The number of pyridine rings is 1. The summed E-state index contributed by atoms with van der Waals surface area (Å²) in [6, 6.07) is 18.6. The Morgan fingerprint density at radius 1 is 0.974 bits per heavy atom. The highest BCUT2D eigenvalue weighted by molar-refractivity contribution is 6.42. The quantitative estimate of drug-likeness (QED) is 0.241. The van der Waals surface area contributed by atoms with Crippen LogP contribution < -0.4 is 5.43 Å². The molecular formula is C30H28Cl3N3O2. The van der Waals surface area contributed by atoms with Gasteiger partial charge in [-0.1, -0.05) is 66.8 Å². The molecule has 1 N–H and O–H groups in total.